The first-order valence-electron chi connectivity index (χ1n) is 6.01. The topological polar surface area (TPSA) is 59.3 Å². The van der Waals surface area contributed by atoms with E-state index in [0.29, 0.717) is 0 Å². The van der Waals surface area contributed by atoms with Gasteiger partial charge in [0.25, 0.3) is 0 Å². The molecule has 0 heterocycles. The Morgan fingerprint density at radius 3 is 2.35 bits per heavy atom. The Hall–Kier alpha value is -0.863. The molecule has 4 nitrogen and oxygen atoms in total. The van der Waals surface area contributed by atoms with Crippen molar-refractivity contribution >= 4 is 14.3 Å². The van der Waals surface area contributed by atoms with Crippen LogP contribution in [0.4, 0.5) is 0 Å². The monoisotopic (exact) mass is 257 g/mol. The third-order valence-electron chi connectivity index (χ3n) is 2.17. The molecule has 0 fully saturated rings. The highest BCUT2D eigenvalue weighted by Gasteiger charge is 2.28. The summed E-state index contributed by atoms with van der Waals surface area (Å²) >= 11 is 0. The summed E-state index contributed by atoms with van der Waals surface area (Å²) in [6.07, 6.45) is 1.40. The average Bonchev–Trinajstić information content (AvgIpc) is 2.19. The minimum Gasteiger partial charge on any atom is -0.463 e. The van der Waals surface area contributed by atoms with E-state index in [9.17, 15) is 4.79 Å². The van der Waals surface area contributed by atoms with Crippen LogP contribution >= 0.6 is 0 Å². The van der Waals surface area contributed by atoms with Crippen LogP contribution in [-0.4, -0.2) is 27.0 Å². The van der Waals surface area contributed by atoms with Gasteiger partial charge in [0, 0.05) is 6.92 Å². The number of nitrogens with zero attached hydrogens (tertiary/aromatic N) is 1. The van der Waals surface area contributed by atoms with Crippen LogP contribution in [0.1, 0.15) is 26.7 Å². The molecule has 2 atom stereocenters. The molecule has 0 spiro atoms. The van der Waals surface area contributed by atoms with Gasteiger partial charge >= 0.3 is 5.97 Å². The molecule has 0 bridgehead atoms. The fourth-order valence-electron chi connectivity index (χ4n) is 1.53. The van der Waals surface area contributed by atoms with Crippen molar-refractivity contribution in [1.82, 2.24) is 0 Å². The van der Waals surface area contributed by atoms with Crippen LogP contribution in [0.5, 0.6) is 0 Å². The molecule has 0 aromatic carbocycles. The highest BCUT2D eigenvalue weighted by Crippen LogP contribution is 2.19. The van der Waals surface area contributed by atoms with Crippen molar-refractivity contribution in [3.05, 3.63) is 0 Å². The van der Waals surface area contributed by atoms with E-state index in [0.717, 1.165) is 12.8 Å². The predicted octanol–water partition coefficient (Wildman–Crippen LogP) is 2.71. The molecule has 0 aromatic rings. The normalized spacial score (nSPS) is 14.8. The molecule has 5 heteroatoms. The van der Waals surface area contributed by atoms with Crippen LogP contribution in [-0.2, 0) is 14.0 Å². The summed E-state index contributed by atoms with van der Waals surface area (Å²) in [7, 11) is -1.74. The molecule has 0 unspecified atom stereocenters. The van der Waals surface area contributed by atoms with E-state index in [1.807, 2.05) is 6.92 Å². The minimum atomic E-state index is -1.74. The lowest BCUT2D eigenvalue weighted by Crippen LogP contribution is -2.39. The molecule has 98 valence electrons. The summed E-state index contributed by atoms with van der Waals surface area (Å²) < 4.78 is 10.9. The van der Waals surface area contributed by atoms with Crippen molar-refractivity contribution in [1.29, 1.82) is 5.26 Å². The molecule has 0 aromatic heterocycles. The maximum absolute atomic E-state index is 10.8. The second-order valence-corrected chi connectivity index (χ2v) is 9.56. The van der Waals surface area contributed by atoms with Gasteiger partial charge in [0.2, 0.25) is 0 Å². The standard InChI is InChI=1S/C12H23NO3Si/c1-6-7-11(8-13)12(9-15-10(2)14)16-17(3,4)5/h11-12H,6-7,9H2,1-5H3/t11-,12-/m0/s1. The first kappa shape index (κ1) is 16.1. The van der Waals surface area contributed by atoms with Crippen molar-refractivity contribution in [2.45, 2.75) is 52.4 Å². The van der Waals surface area contributed by atoms with E-state index in [2.05, 4.69) is 25.7 Å². The number of ether oxygens (including phenoxy) is 1. The summed E-state index contributed by atoms with van der Waals surface area (Å²) in [6.45, 7) is 9.77. The van der Waals surface area contributed by atoms with Crippen LogP contribution in [0.15, 0.2) is 0 Å². The van der Waals surface area contributed by atoms with Gasteiger partial charge in [-0.2, -0.15) is 5.26 Å². The Morgan fingerprint density at radius 2 is 2.00 bits per heavy atom. The minimum absolute atomic E-state index is 0.178. The lowest BCUT2D eigenvalue weighted by molar-refractivity contribution is -0.144. The summed E-state index contributed by atoms with van der Waals surface area (Å²) in [4.78, 5) is 10.8. The van der Waals surface area contributed by atoms with Crippen LogP contribution in [0.2, 0.25) is 19.6 Å². The Kier molecular flexibility index (Phi) is 7.08. The third kappa shape index (κ3) is 7.94. The fourth-order valence-corrected chi connectivity index (χ4v) is 2.67. The third-order valence-corrected chi connectivity index (χ3v) is 3.18. The number of esters is 1. The smallest absolute Gasteiger partial charge is 0.302 e. The van der Waals surface area contributed by atoms with Crippen LogP contribution in [0, 0.1) is 17.2 Å². The summed E-state index contributed by atoms with van der Waals surface area (Å²) in [5.41, 5.74) is 0. The Labute approximate surface area is 105 Å². The maximum atomic E-state index is 10.8. The number of hydrogen-bond donors (Lipinski definition) is 0. The van der Waals surface area contributed by atoms with Crippen molar-refractivity contribution in [3.8, 4) is 6.07 Å². The van der Waals surface area contributed by atoms with E-state index in [-0.39, 0.29) is 24.6 Å². The second kappa shape index (κ2) is 7.46. The van der Waals surface area contributed by atoms with E-state index in [1.165, 1.54) is 6.92 Å². The number of nitriles is 1. The lowest BCUT2D eigenvalue weighted by Gasteiger charge is -2.28. The SMILES string of the molecule is CCC[C@@H](C#N)[C@H](COC(C)=O)O[Si](C)(C)C. The van der Waals surface area contributed by atoms with E-state index < -0.39 is 8.32 Å². The van der Waals surface area contributed by atoms with Gasteiger partial charge in [-0.05, 0) is 26.1 Å². The average molecular weight is 257 g/mol. The van der Waals surface area contributed by atoms with Gasteiger partial charge < -0.3 is 9.16 Å². The molecule has 0 aliphatic rings. The van der Waals surface area contributed by atoms with Crippen LogP contribution in [0.3, 0.4) is 0 Å². The highest BCUT2D eigenvalue weighted by molar-refractivity contribution is 6.69. The fraction of sp³-hybridized carbons (Fsp3) is 0.833. The van der Waals surface area contributed by atoms with Gasteiger partial charge in [-0.15, -0.1) is 0 Å². The molecule has 0 amide bonds. The maximum Gasteiger partial charge on any atom is 0.302 e. The Bertz CT molecular complexity index is 280. The van der Waals surface area contributed by atoms with Crippen molar-refractivity contribution < 1.29 is 14.0 Å². The largest absolute Gasteiger partial charge is 0.463 e. The van der Waals surface area contributed by atoms with Gasteiger partial charge in [-0.25, -0.2) is 0 Å². The van der Waals surface area contributed by atoms with Crippen molar-refractivity contribution in [2.24, 2.45) is 5.92 Å². The van der Waals surface area contributed by atoms with Crippen molar-refractivity contribution in [3.63, 3.8) is 0 Å². The molecule has 0 saturated carbocycles. The number of carbonyl (C=O) groups is 1. The van der Waals surface area contributed by atoms with E-state index >= 15 is 0 Å². The summed E-state index contributed by atoms with van der Waals surface area (Å²) in [5.74, 6) is -0.534. The van der Waals surface area contributed by atoms with Crippen LogP contribution in [0.25, 0.3) is 0 Å². The number of rotatable bonds is 7. The number of hydrogen-bond acceptors (Lipinski definition) is 4. The van der Waals surface area contributed by atoms with Gasteiger partial charge in [-0.1, -0.05) is 13.3 Å². The van der Waals surface area contributed by atoms with E-state index in [4.69, 9.17) is 14.4 Å². The van der Waals surface area contributed by atoms with Gasteiger partial charge in [0.05, 0.1) is 18.1 Å². The molecule has 17 heavy (non-hydrogen) atoms. The van der Waals surface area contributed by atoms with E-state index in [1.54, 1.807) is 0 Å². The van der Waals surface area contributed by atoms with Gasteiger partial charge in [0.1, 0.15) is 6.61 Å². The zero-order chi connectivity index (χ0) is 13.5. The number of carbonyl (C=O) groups excluding carboxylic acids is 1. The first-order valence-corrected chi connectivity index (χ1v) is 9.41. The lowest BCUT2D eigenvalue weighted by atomic mass is 9.99. The summed E-state index contributed by atoms with van der Waals surface area (Å²) in [5, 5.41) is 9.13. The molecule has 0 aliphatic heterocycles. The first-order chi connectivity index (χ1) is 7.80. The quantitative estimate of drug-likeness (QED) is 0.520. The van der Waals surface area contributed by atoms with Crippen molar-refractivity contribution in [2.75, 3.05) is 6.61 Å². The zero-order valence-corrected chi connectivity index (χ0v) is 12.4. The summed E-state index contributed by atoms with van der Waals surface area (Å²) in [6, 6.07) is 2.26. The zero-order valence-electron chi connectivity index (χ0n) is 11.4. The molecular formula is C12H23NO3Si. The Morgan fingerprint density at radius 1 is 1.41 bits per heavy atom. The molecule has 0 radical (unpaired) electrons. The van der Waals surface area contributed by atoms with Gasteiger partial charge in [0.15, 0.2) is 8.32 Å². The molecule has 0 N–H and O–H groups in total. The molecule has 0 aliphatic carbocycles. The van der Waals surface area contributed by atoms with Gasteiger partial charge in [-0.3, -0.25) is 4.79 Å². The molecule has 0 rings (SSSR count). The van der Waals surface area contributed by atoms with Crippen LogP contribution < -0.4 is 0 Å². The predicted molar refractivity (Wildman–Crippen MR) is 68.9 cm³/mol. The molecular weight excluding hydrogens is 234 g/mol. The second-order valence-electron chi connectivity index (χ2n) is 5.10. The highest BCUT2D eigenvalue weighted by atomic mass is 28.4. The molecule has 0 saturated heterocycles. The Balaban J connectivity index is 4.58.